The van der Waals surface area contributed by atoms with Gasteiger partial charge in [0.2, 0.25) is 15.9 Å². The monoisotopic (exact) mass is 320 g/mol. The van der Waals surface area contributed by atoms with Crippen molar-refractivity contribution < 1.29 is 13.2 Å². The molecule has 1 rings (SSSR count). The van der Waals surface area contributed by atoms with Gasteiger partial charge in [-0.25, -0.2) is 13.6 Å². The van der Waals surface area contributed by atoms with Gasteiger partial charge in [-0.2, -0.15) is 0 Å². The third-order valence-corrected chi connectivity index (χ3v) is 3.59. The third kappa shape index (κ3) is 4.10. The topological polar surface area (TPSA) is 89.3 Å². The molecule has 0 spiro atoms. The van der Waals surface area contributed by atoms with E-state index in [1.54, 1.807) is 0 Å². The molecule has 0 fully saturated rings. The third-order valence-electron chi connectivity index (χ3n) is 2.02. The average Bonchev–Trinajstić information content (AvgIpc) is 2.20. The lowest BCUT2D eigenvalue weighted by Gasteiger charge is -2.08. The van der Waals surface area contributed by atoms with Crippen molar-refractivity contribution in [2.45, 2.75) is 24.7 Å². The molecule has 5 nitrogen and oxygen atoms in total. The fourth-order valence-corrected chi connectivity index (χ4v) is 2.38. The number of carbonyl (C=O) groups is 1. The second-order valence-corrected chi connectivity index (χ2v) is 5.90. The molecule has 0 saturated carbocycles. The van der Waals surface area contributed by atoms with Gasteiger partial charge in [0.1, 0.15) is 0 Å². The summed E-state index contributed by atoms with van der Waals surface area (Å²) in [6.07, 6.45) is 1.17. The summed E-state index contributed by atoms with van der Waals surface area (Å²) < 4.78 is 22.7. The molecule has 0 bridgehead atoms. The lowest BCUT2D eigenvalue weighted by atomic mass is 10.3. The van der Waals surface area contributed by atoms with E-state index in [4.69, 9.17) is 5.14 Å². The number of amides is 1. The van der Waals surface area contributed by atoms with Crippen molar-refractivity contribution in [3.8, 4) is 0 Å². The largest absolute Gasteiger partial charge is 0.325 e. The van der Waals surface area contributed by atoms with Crippen molar-refractivity contribution >= 4 is 37.5 Å². The van der Waals surface area contributed by atoms with E-state index in [0.29, 0.717) is 16.6 Å². The summed E-state index contributed by atoms with van der Waals surface area (Å²) in [7, 11) is -3.72. The minimum Gasteiger partial charge on any atom is -0.325 e. The number of rotatable bonds is 4. The first-order valence-electron chi connectivity index (χ1n) is 4.96. The van der Waals surface area contributed by atoms with E-state index in [2.05, 4.69) is 21.2 Å². The van der Waals surface area contributed by atoms with Crippen LogP contribution in [0.1, 0.15) is 19.8 Å². The van der Waals surface area contributed by atoms with E-state index < -0.39 is 10.0 Å². The predicted molar refractivity (Wildman–Crippen MR) is 69.1 cm³/mol. The first-order chi connectivity index (χ1) is 7.84. The predicted octanol–water partition coefficient (Wildman–Crippen LogP) is 1.84. The van der Waals surface area contributed by atoms with Gasteiger partial charge in [-0.1, -0.05) is 6.92 Å². The van der Waals surface area contributed by atoms with Crippen LogP contribution in [0.5, 0.6) is 0 Å². The second-order valence-electron chi connectivity index (χ2n) is 3.48. The minimum atomic E-state index is -3.72. The Morgan fingerprint density at radius 3 is 2.59 bits per heavy atom. The molecule has 17 heavy (non-hydrogen) atoms. The molecule has 0 aliphatic heterocycles. The second kappa shape index (κ2) is 5.61. The van der Waals surface area contributed by atoms with Crippen LogP contribution in [0.3, 0.4) is 0 Å². The van der Waals surface area contributed by atoms with Crippen LogP contribution in [-0.4, -0.2) is 14.3 Å². The molecule has 0 radical (unpaired) electrons. The summed E-state index contributed by atoms with van der Waals surface area (Å²) in [5.41, 5.74) is 0.524. The van der Waals surface area contributed by atoms with E-state index in [9.17, 15) is 13.2 Å². The number of primary sulfonamides is 1. The number of anilines is 1. The van der Waals surface area contributed by atoms with Gasteiger partial charge >= 0.3 is 0 Å². The number of nitrogens with one attached hydrogen (secondary N) is 1. The Bertz CT molecular complexity index is 528. The van der Waals surface area contributed by atoms with Gasteiger partial charge in [0.25, 0.3) is 0 Å². The first-order valence-corrected chi connectivity index (χ1v) is 7.30. The van der Waals surface area contributed by atoms with Crippen LogP contribution >= 0.6 is 15.9 Å². The zero-order valence-electron chi connectivity index (χ0n) is 9.23. The Morgan fingerprint density at radius 1 is 1.47 bits per heavy atom. The molecule has 0 unspecified atom stereocenters. The molecule has 94 valence electrons. The number of carbonyl (C=O) groups excluding carboxylic acids is 1. The summed E-state index contributed by atoms with van der Waals surface area (Å²) in [6.45, 7) is 1.90. The van der Waals surface area contributed by atoms with Crippen LogP contribution in [0.4, 0.5) is 5.69 Å². The molecule has 0 aromatic heterocycles. The van der Waals surface area contributed by atoms with Gasteiger partial charge < -0.3 is 5.32 Å². The van der Waals surface area contributed by atoms with Crippen molar-refractivity contribution in [1.82, 2.24) is 0 Å². The molecule has 0 saturated heterocycles. The van der Waals surface area contributed by atoms with E-state index in [1.807, 2.05) is 6.92 Å². The van der Waals surface area contributed by atoms with Crippen LogP contribution in [0, 0.1) is 0 Å². The Labute approximate surface area is 109 Å². The fraction of sp³-hybridized carbons (Fsp3) is 0.300. The van der Waals surface area contributed by atoms with E-state index >= 15 is 0 Å². The number of sulfonamides is 1. The maximum absolute atomic E-state index is 11.4. The van der Waals surface area contributed by atoms with Gasteiger partial charge in [0.15, 0.2) is 0 Å². The summed E-state index contributed by atoms with van der Waals surface area (Å²) in [4.78, 5) is 11.4. The molecule has 3 N–H and O–H groups in total. The van der Waals surface area contributed by atoms with Crippen LogP contribution in [-0.2, 0) is 14.8 Å². The fourth-order valence-electron chi connectivity index (χ4n) is 1.21. The molecule has 7 heteroatoms. The molecule has 1 aromatic rings. The number of benzene rings is 1. The highest BCUT2D eigenvalue weighted by Gasteiger charge is 2.11. The average molecular weight is 321 g/mol. The van der Waals surface area contributed by atoms with E-state index in [1.165, 1.54) is 18.2 Å². The summed E-state index contributed by atoms with van der Waals surface area (Å²) in [5, 5.41) is 7.66. The molecular formula is C10H13BrN2O3S. The summed E-state index contributed by atoms with van der Waals surface area (Å²) in [5.74, 6) is -0.114. The minimum absolute atomic E-state index is 0.00198. The Hall–Kier alpha value is -0.920. The van der Waals surface area contributed by atoms with E-state index in [0.717, 1.165) is 6.42 Å². The Balaban J connectivity index is 2.95. The van der Waals surface area contributed by atoms with Crippen molar-refractivity contribution in [2.24, 2.45) is 5.14 Å². The highest BCUT2D eigenvalue weighted by molar-refractivity contribution is 9.10. The Morgan fingerprint density at radius 2 is 2.12 bits per heavy atom. The molecule has 0 heterocycles. The van der Waals surface area contributed by atoms with Crippen molar-refractivity contribution in [3.05, 3.63) is 22.7 Å². The van der Waals surface area contributed by atoms with Crippen LogP contribution in [0.25, 0.3) is 0 Å². The number of hydrogen-bond donors (Lipinski definition) is 2. The van der Waals surface area contributed by atoms with Gasteiger partial charge in [-0.05, 0) is 40.5 Å². The highest BCUT2D eigenvalue weighted by Crippen LogP contribution is 2.25. The summed E-state index contributed by atoms with van der Waals surface area (Å²) >= 11 is 3.18. The molecular weight excluding hydrogens is 308 g/mol. The first kappa shape index (κ1) is 14.1. The lowest BCUT2D eigenvalue weighted by molar-refractivity contribution is -0.116. The van der Waals surface area contributed by atoms with Crippen LogP contribution in [0.15, 0.2) is 27.6 Å². The zero-order valence-corrected chi connectivity index (χ0v) is 11.6. The molecule has 1 amide bonds. The van der Waals surface area contributed by atoms with Crippen molar-refractivity contribution in [3.63, 3.8) is 0 Å². The molecule has 1 aromatic carbocycles. The van der Waals surface area contributed by atoms with Gasteiger partial charge in [-0.3, -0.25) is 4.79 Å². The number of nitrogens with two attached hydrogens (primary N) is 1. The highest BCUT2D eigenvalue weighted by atomic mass is 79.9. The van der Waals surface area contributed by atoms with Gasteiger partial charge in [0.05, 0.1) is 10.6 Å². The Kier molecular flexibility index (Phi) is 4.67. The SMILES string of the molecule is CCCC(=O)Nc1ccc(S(N)(=O)=O)cc1Br. The van der Waals surface area contributed by atoms with Crippen molar-refractivity contribution in [1.29, 1.82) is 0 Å². The molecule has 0 aliphatic carbocycles. The smallest absolute Gasteiger partial charge is 0.238 e. The molecule has 0 atom stereocenters. The number of halogens is 1. The quantitative estimate of drug-likeness (QED) is 0.886. The standard InChI is InChI=1S/C10H13BrN2O3S/c1-2-3-10(14)13-9-5-4-7(6-8(9)11)17(12,15)16/h4-6H,2-3H2,1H3,(H,13,14)(H2,12,15,16). The molecule has 0 aliphatic rings. The van der Waals surface area contributed by atoms with Gasteiger partial charge in [0, 0.05) is 10.9 Å². The van der Waals surface area contributed by atoms with Crippen LogP contribution < -0.4 is 10.5 Å². The van der Waals surface area contributed by atoms with Crippen molar-refractivity contribution in [2.75, 3.05) is 5.32 Å². The maximum atomic E-state index is 11.4. The zero-order chi connectivity index (χ0) is 13.1. The normalized spacial score (nSPS) is 11.2. The lowest BCUT2D eigenvalue weighted by Crippen LogP contribution is -2.14. The maximum Gasteiger partial charge on any atom is 0.238 e. The summed E-state index contributed by atoms with van der Waals surface area (Å²) in [6, 6.07) is 4.20. The number of hydrogen-bond acceptors (Lipinski definition) is 3. The van der Waals surface area contributed by atoms with E-state index in [-0.39, 0.29) is 10.8 Å². The van der Waals surface area contributed by atoms with Crippen LogP contribution in [0.2, 0.25) is 0 Å². The van der Waals surface area contributed by atoms with Gasteiger partial charge in [-0.15, -0.1) is 0 Å².